The summed E-state index contributed by atoms with van der Waals surface area (Å²) < 4.78 is 7.57. The van der Waals surface area contributed by atoms with Crippen LogP contribution in [0.3, 0.4) is 0 Å². The third-order valence-electron chi connectivity index (χ3n) is 4.78. The normalized spacial score (nSPS) is 23.2. The van der Waals surface area contributed by atoms with Crippen LogP contribution in [-0.2, 0) is 11.3 Å². The van der Waals surface area contributed by atoms with Gasteiger partial charge in [0.05, 0.1) is 17.9 Å². The second-order valence-corrected chi connectivity index (χ2v) is 6.19. The van der Waals surface area contributed by atoms with Crippen LogP contribution in [0.1, 0.15) is 35.8 Å². The second kappa shape index (κ2) is 6.79. The molecule has 0 N–H and O–H groups in total. The van der Waals surface area contributed by atoms with Crippen molar-refractivity contribution in [1.29, 1.82) is 0 Å². The summed E-state index contributed by atoms with van der Waals surface area (Å²) in [7, 11) is 0. The molecule has 0 aliphatic carbocycles. The topological polar surface area (TPSA) is 50.6 Å². The van der Waals surface area contributed by atoms with Crippen LogP contribution in [0.15, 0.2) is 6.20 Å². The molecular formula is C16H26N4O2. The molecule has 0 aromatic carbocycles. The van der Waals surface area contributed by atoms with Crippen molar-refractivity contribution in [2.45, 2.75) is 39.3 Å². The van der Waals surface area contributed by atoms with Gasteiger partial charge in [0, 0.05) is 51.6 Å². The lowest BCUT2D eigenvalue weighted by Gasteiger charge is -2.35. The van der Waals surface area contributed by atoms with E-state index in [2.05, 4.69) is 10.00 Å². The number of aryl methyl sites for hydroxylation is 1. The first-order chi connectivity index (χ1) is 10.7. The lowest BCUT2D eigenvalue weighted by molar-refractivity contribution is 0.0432. The van der Waals surface area contributed by atoms with Gasteiger partial charge in [0.15, 0.2) is 0 Å². The van der Waals surface area contributed by atoms with Gasteiger partial charge in [-0.2, -0.15) is 5.10 Å². The number of carbonyl (C=O) groups is 1. The Bertz CT molecular complexity index is 514. The Hall–Kier alpha value is -1.40. The molecule has 0 saturated carbocycles. The van der Waals surface area contributed by atoms with Gasteiger partial charge in [0.2, 0.25) is 0 Å². The fraction of sp³-hybridized carbons (Fsp3) is 0.750. The molecule has 6 nitrogen and oxygen atoms in total. The van der Waals surface area contributed by atoms with Crippen molar-refractivity contribution in [2.24, 2.45) is 0 Å². The zero-order valence-electron chi connectivity index (χ0n) is 13.6. The molecule has 1 aromatic rings. The molecule has 0 spiro atoms. The summed E-state index contributed by atoms with van der Waals surface area (Å²) in [6.45, 7) is 10.2. The van der Waals surface area contributed by atoms with Crippen molar-refractivity contribution >= 4 is 5.91 Å². The van der Waals surface area contributed by atoms with Crippen LogP contribution in [0.2, 0.25) is 0 Å². The number of amides is 1. The first-order valence-electron chi connectivity index (χ1n) is 8.34. The predicted octanol–water partition coefficient (Wildman–Crippen LogP) is 1.15. The van der Waals surface area contributed by atoms with E-state index in [0.29, 0.717) is 6.10 Å². The Morgan fingerprint density at radius 2 is 2.14 bits per heavy atom. The van der Waals surface area contributed by atoms with Gasteiger partial charge in [-0.15, -0.1) is 0 Å². The maximum absolute atomic E-state index is 12.6. The van der Waals surface area contributed by atoms with Gasteiger partial charge in [0.1, 0.15) is 0 Å². The van der Waals surface area contributed by atoms with E-state index >= 15 is 0 Å². The molecule has 6 heteroatoms. The lowest BCUT2D eigenvalue weighted by atomic mass is 10.2. The third kappa shape index (κ3) is 3.17. The molecule has 2 aliphatic heterocycles. The Kier molecular flexibility index (Phi) is 4.78. The first-order valence-corrected chi connectivity index (χ1v) is 8.34. The van der Waals surface area contributed by atoms with Gasteiger partial charge >= 0.3 is 0 Å². The van der Waals surface area contributed by atoms with E-state index in [0.717, 1.165) is 57.1 Å². The number of ether oxygens (including phenoxy) is 1. The van der Waals surface area contributed by atoms with Crippen molar-refractivity contribution < 1.29 is 9.53 Å². The molecule has 3 heterocycles. The zero-order chi connectivity index (χ0) is 15.5. The summed E-state index contributed by atoms with van der Waals surface area (Å²) in [6, 6.07) is 0. The number of aromatic nitrogens is 2. The third-order valence-corrected chi connectivity index (χ3v) is 4.78. The molecule has 122 valence electrons. The van der Waals surface area contributed by atoms with Crippen molar-refractivity contribution in [3.05, 3.63) is 17.5 Å². The Morgan fingerprint density at radius 1 is 1.36 bits per heavy atom. The van der Waals surface area contributed by atoms with E-state index in [4.69, 9.17) is 4.74 Å². The average Bonchev–Trinajstić information content (AvgIpc) is 3.17. The Labute approximate surface area is 132 Å². The quantitative estimate of drug-likeness (QED) is 0.837. The molecule has 22 heavy (non-hydrogen) atoms. The van der Waals surface area contributed by atoms with E-state index in [1.54, 1.807) is 6.20 Å². The summed E-state index contributed by atoms with van der Waals surface area (Å²) in [5, 5.41) is 4.28. The molecule has 1 aromatic heterocycles. The summed E-state index contributed by atoms with van der Waals surface area (Å²) in [4.78, 5) is 17.0. The summed E-state index contributed by atoms with van der Waals surface area (Å²) in [6.07, 6.45) is 4.46. The number of hydrogen-bond donors (Lipinski definition) is 0. The molecular weight excluding hydrogens is 280 g/mol. The highest BCUT2D eigenvalue weighted by molar-refractivity contribution is 5.95. The zero-order valence-corrected chi connectivity index (χ0v) is 13.6. The average molecular weight is 306 g/mol. The number of piperazine rings is 1. The minimum atomic E-state index is 0.119. The molecule has 2 fully saturated rings. The summed E-state index contributed by atoms with van der Waals surface area (Å²) in [5.74, 6) is 0.119. The largest absolute Gasteiger partial charge is 0.377 e. The molecule has 2 aliphatic rings. The van der Waals surface area contributed by atoms with Crippen LogP contribution in [0.25, 0.3) is 0 Å². The highest BCUT2D eigenvalue weighted by Gasteiger charge is 2.26. The fourth-order valence-electron chi connectivity index (χ4n) is 3.36. The smallest absolute Gasteiger partial charge is 0.257 e. The summed E-state index contributed by atoms with van der Waals surface area (Å²) in [5.41, 5.74) is 1.71. The van der Waals surface area contributed by atoms with Gasteiger partial charge in [0.25, 0.3) is 5.91 Å². The van der Waals surface area contributed by atoms with Crippen LogP contribution in [-0.4, -0.2) is 70.9 Å². The molecule has 1 amide bonds. The Balaban J connectivity index is 1.54. The fourth-order valence-corrected chi connectivity index (χ4v) is 3.36. The molecule has 0 unspecified atom stereocenters. The molecule has 0 radical (unpaired) electrons. The maximum Gasteiger partial charge on any atom is 0.257 e. The van der Waals surface area contributed by atoms with Crippen LogP contribution in [0, 0.1) is 6.92 Å². The highest BCUT2D eigenvalue weighted by atomic mass is 16.5. The van der Waals surface area contributed by atoms with E-state index < -0.39 is 0 Å². The predicted molar refractivity (Wildman–Crippen MR) is 84.0 cm³/mol. The molecule has 1 atom stereocenters. The van der Waals surface area contributed by atoms with Crippen molar-refractivity contribution in [3.63, 3.8) is 0 Å². The molecule has 3 rings (SSSR count). The number of hydrogen-bond acceptors (Lipinski definition) is 4. The van der Waals surface area contributed by atoms with E-state index in [-0.39, 0.29) is 5.91 Å². The van der Waals surface area contributed by atoms with E-state index in [1.807, 2.05) is 23.4 Å². The standard InChI is InChI=1S/C16H26N4O2/c1-3-20-13(2)15(11-17-20)16(21)19-8-6-18(7-9-19)12-14-5-4-10-22-14/h11,14H,3-10,12H2,1-2H3/t14-/m0/s1. The molecule has 2 saturated heterocycles. The van der Waals surface area contributed by atoms with Crippen molar-refractivity contribution in [3.8, 4) is 0 Å². The highest BCUT2D eigenvalue weighted by Crippen LogP contribution is 2.16. The van der Waals surface area contributed by atoms with Crippen LogP contribution in [0.5, 0.6) is 0 Å². The van der Waals surface area contributed by atoms with Gasteiger partial charge < -0.3 is 9.64 Å². The minimum absolute atomic E-state index is 0.119. The minimum Gasteiger partial charge on any atom is -0.377 e. The van der Waals surface area contributed by atoms with E-state index in [9.17, 15) is 4.79 Å². The van der Waals surface area contributed by atoms with Crippen molar-refractivity contribution in [2.75, 3.05) is 39.3 Å². The number of carbonyl (C=O) groups excluding carboxylic acids is 1. The van der Waals surface area contributed by atoms with Gasteiger partial charge in [-0.25, -0.2) is 0 Å². The van der Waals surface area contributed by atoms with Crippen LogP contribution in [0.4, 0.5) is 0 Å². The SMILES string of the molecule is CCn1ncc(C(=O)N2CCN(C[C@@H]3CCCO3)CC2)c1C. The van der Waals surface area contributed by atoms with E-state index in [1.165, 1.54) is 12.8 Å². The van der Waals surface area contributed by atoms with Gasteiger partial charge in [-0.05, 0) is 26.7 Å². The number of nitrogens with zero attached hydrogens (tertiary/aromatic N) is 4. The second-order valence-electron chi connectivity index (χ2n) is 6.19. The lowest BCUT2D eigenvalue weighted by Crippen LogP contribution is -2.50. The van der Waals surface area contributed by atoms with Gasteiger partial charge in [-0.1, -0.05) is 0 Å². The van der Waals surface area contributed by atoms with Crippen LogP contribution >= 0.6 is 0 Å². The van der Waals surface area contributed by atoms with Gasteiger partial charge in [-0.3, -0.25) is 14.4 Å². The Morgan fingerprint density at radius 3 is 2.73 bits per heavy atom. The first kappa shape index (κ1) is 15.5. The monoisotopic (exact) mass is 306 g/mol. The van der Waals surface area contributed by atoms with Crippen molar-refractivity contribution in [1.82, 2.24) is 19.6 Å². The number of rotatable bonds is 4. The molecule has 0 bridgehead atoms. The van der Waals surface area contributed by atoms with Crippen LogP contribution < -0.4 is 0 Å². The summed E-state index contributed by atoms with van der Waals surface area (Å²) >= 11 is 0. The maximum atomic E-state index is 12.6.